The Bertz CT molecular complexity index is 1590. The van der Waals surface area contributed by atoms with E-state index in [0.29, 0.717) is 22.3 Å². The highest BCUT2D eigenvalue weighted by Gasteiger charge is 2.64. The topological polar surface area (TPSA) is 161 Å². The van der Waals surface area contributed by atoms with Gasteiger partial charge in [0.25, 0.3) is 5.91 Å². The number of alkyl halides is 3. The molecule has 0 saturated heterocycles. The number of phenols is 1. The van der Waals surface area contributed by atoms with Crippen LogP contribution in [0.2, 0.25) is 0 Å². The lowest BCUT2D eigenvalue weighted by Crippen LogP contribution is -2.65. The van der Waals surface area contributed by atoms with Crippen molar-refractivity contribution in [3.63, 3.8) is 0 Å². The first-order valence-corrected chi connectivity index (χ1v) is 13.7. The van der Waals surface area contributed by atoms with Crippen LogP contribution >= 0.6 is 0 Å². The lowest BCUT2D eigenvalue weighted by molar-refractivity contribution is -0.153. The number of hydrogen-bond acceptors (Lipinski definition) is 8. The van der Waals surface area contributed by atoms with E-state index < -0.39 is 70.6 Å². The average molecular weight is 601 g/mol. The molecule has 4 atom stereocenters. The van der Waals surface area contributed by atoms with Crippen molar-refractivity contribution >= 4 is 23.2 Å². The van der Waals surface area contributed by atoms with Crippen LogP contribution in [0.1, 0.15) is 36.0 Å². The van der Waals surface area contributed by atoms with Gasteiger partial charge in [0.1, 0.15) is 22.8 Å². The normalized spacial score (nSPS) is 25.5. The number of hydrogen-bond donors (Lipinski definition) is 5. The Morgan fingerprint density at radius 2 is 1.72 bits per heavy atom. The van der Waals surface area contributed by atoms with Gasteiger partial charge in [0.05, 0.1) is 11.6 Å². The number of carbonyl (C=O) groups excluding carboxylic acids is 3. The molecule has 9 nitrogen and oxygen atoms in total. The highest BCUT2D eigenvalue weighted by molar-refractivity contribution is 6.24. The molecule has 0 heterocycles. The molecule has 228 valence electrons. The van der Waals surface area contributed by atoms with Gasteiger partial charge in [-0.05, 0) is 74.0 Å². The summed E-state index contributed by atoms with van der Waals surface area (Å²) in [4.78, 5) is 40.7. The Hall–Kier alpha value is -4.16. The minimum atomic E-state index is -4.23. The smallest absolute Gasteiger partial charge is 0.389 e. The maximum absolute atomic E-state index is 13.9. The van der Waals surface area contributed by atoms with Gasteiger partial charge in [0.2, 0.25) is 5.78 Å². The Labute approximate surface area is 244 Å². The van der Waals surface area contributed by atoms with Gasteiger partial charge in [-0.2, -0.15) is 13.2 Å². The van der Waals surface area contributed by atoms with E-state index in [9.17, 15) is 48.0 Å². The van der Waals surface area contributed by atoms with Gasteiger partial charge < -0.3 is 26.2 Å². The van der Waals surface area contributed by atoms with E-state index in [1.54, 1.807) is 30.3 Å². The molecule has 6 N–H and O–H groups in total. The van der Waals surface area contributed by atoms with Gasteiger partial charge in [-0.3, -0.25) is 19.3 Å². The Balaban J connectivity index is 1.58. The van der Waals surface area contributed by atoms with Gasteiger partial charge in [0.15, 0.2) is 11.4 Å². The molecule has 2 aromatic carbocycles. The van der Waals surface area contributed by atoms with Crippen molar-refractivity contribution < 1.29 is 48.0 Å². The van der Waals surface area contributed by atoms with Crippen LogP contribution in [0, 0.1) is 11.8 Å². The summed E-state index contributed by atoms with van der Waals surface area (Å²) in [7, 11) is 3.05. The van der Waals surface area contributed by atoms with Crippen LogP contribution in [0.4, 0.5) is 13.2 Å². The third kappa shape index (κ3) is 4.88. The molecule has 0 radical (unpaired) electrons. The first-order chi connectivity index (χ1) is 20.1. The van der Waals surface area contributed by atoms with Gasteiger partial charge in [-0.25, -0.2) is 0 Å². The molecule has 0 bridgehead atoms. The molecule has 3 aliphatic carbocycles. The lowest BCUT2D eigenvalue weighted by atomic mass is 9.57. The summed E-state index contributed by atoms with van der Waals surface area (Å²) >= 11 is 0. The van der Waals surface area contributed by atoms with Gasteiger partial charge >= 0.3 is 6.18 Å². The second-order valence-corrected chi connectivity index (χ2v) is 11.6. The number of Topliss-reactive ketones (excluding diaryl/α,β-unsaturated/α-hetero) is 2. The van der Waals surface area contributed by atoms with Crippen LogP contribution in [0.15, 0.2) is 53.3 Å². The number of aliphatic hydroxyl groups excluding tert-OH is 2. The molecule has 1 fully saturated rings. The maximum Gasteiger partial charge on any atom is 0.389 e. The Morgan fingerprint density at radius 3 is 2.30 bits per heavy atom. The molecule has 12 heteroatoms. The number of aliphatic hydroxyl groups is 3. The number of primary amides is 1. The summed E-state index contributed by atoms with van der Waals surface area (Å²) in [5, 5.41) is 44.8. The predicted octanol–water partition coefficient (Wildman–Crippen LogP) is 3.52. The lowest BCUT2D eigenvalue weighted by Gasteiger charge is -2.50. The van der Waals surface area contributed by atoms with Crippen molar-refractivity contribution in [1.29, 1.82) is 0 Å². The van der Waals surface area contributed by atoms with E-state index in [0.717, 1.165) is 0 Å². The highest BCUT2D eigenvalue weighted by atomic mass is 19.4. The van der Waals surface area contributed by atoms with Crippen molar-refractivity contribution in [2.24, 2.45) is 17.6 Å². The molecule has 0 aromatic heterocycles. The quantitative estimate of drug-likeness (QED) is 0.315. The van der Waals surface area contributed by atoms with Crippen LogP contribution < -0.4 is 5.73 Å². The number of rotatable bonds is 6. The summed E-state index contributed by atoms with van der Waals surface area (Å²) in [5.74, 6) is -7.25. The molecule has 1 amide bonds. The number of phenolic OH excluding ortho intramolecular Hbond substituents is 1. The van der Waals surface area contributed by atoms with Crippen LogP contribution in [-0.2, 0) is 27.2 Å². The molecule has 0 aliphatic heterocycles. The van der Waals surface area contributed by atoms with E-state index in [-0.39, 0.29) is 42.6 Å². The molecule has 0 spiro atoms. The van der Waals surface area contributed by atoms with E-state index in [4.69, 9.17) is 5.73 Å². The average Bonchev–Trinajstić information content (AvgIpc) is 2.90. The zero-order valence-electron chi connectivity index (χ0n) is 23.4. The molecular weight excluding hydrogens is 569 g/mol. The van der Waals surface area contributed by atoms with E-state index in [1.807, 2.05) is 0 Å². The van der Waals surface area contributed by atoms with E-state index in [2.05, 4.69) is 0 Å². The summed E-state index contributed by atoms with van der Waals surface area (Å²) < 4.78 is 37.6. The third-order valence-corrected chi connectivity index (χ3v) is 8.79. The Morgan fingerprint density at radius 1 is 1.07 bits per heavy atom. The Kier molecular flexibility index (Phi) is 7.42. The SMILES string of the molecule is CN(C)[C@H]1C(=O)C(C(N)=O)=C(O)[C@]2(O)C(=O)C3=C(O)c4c(O)ccc(-c5ccc(CCCC(F)(F)F)cc5)c4C[C@@H]3C[C@H]12. The highest BCUT2D eigenvalue weighted by Crippen LogP contribution is 2.53. The van der Waals surface area contributed by atoms with Crippen LogP contribution in [0.25, 0.3) is 16.9 Å². The van der Waals surface area contributed by atoms with Crippen LogP contribution in [-0.4, -0.2) is 74.7 Å². The van der Waals surface area contributed by atoms with Crippen molar-refractivity contribution in [2.45, 2.75) is 49.9 Å². The van der Waals surface area contributed by atoms with Crippen molar-refractivity contribution in [1.82, 2.24) is 4.90 Å². The third-order valence-electron chi connectivity index (χ3n) is 8.79. The minimum Gasteiger partial charge on any atom is -0.508 e. The van der Waals surface area contributed by atoms with Crippen LogP contribution in [0.5, 0.6) is 5.75 Å². The minimum absolute atomic E-state index is 0.0388. The summed E-state index contributed by atoms with van der Waals surface area (Å²) in [6, 6.07) is 8.65. The largest absolute Gasteiger partial charge is 0.508 e. The fraction of sp³-hybridized carbons (Fsp3) is 0.387. The molecule has 0 unspecified atom stereocenters. The monoisotopic (exact) mass is 600 g/mol. The number of likely N-dealkylation sites (N-methyl/N-ethyl adjacent to an activating group) is 1. The molecular formula is C31H31F3N2O7. The molecule has 2 aromatic rings. The van der Waals surface area contributed by atoms with Crippen molar-refractivity contribution in [3.8, 4) is 16.9 Å². The summed E-state index contributed by atoms with van der Waals surface area (Å²) in [6.07, 6.45) is -4.86. The van der Waals surface area contributed by atoms with E-state index >= 15 is 0 Å². The van der Waals surface area contributed by atoms with E-state index in [1.165, 1.54) is 25.1 Å². The standard InChI is InChI=1S/C31H31F3N2O7/c1-36(2)24-19-13-16-12-18-17(15-7-5-14(6-8-15)4-3-11-30(32,33)34)9-10-20(37)22(18)25(38)21(16)27(40)31(19,43)28(41)23(26(24)39)29(35)42/h5-10,16,19,24,37-38,41,43H,3-4,11-13H2,1-2H3,(H2,35,42)/t16-,19-,24-,31-/m1/s1. The second kappa shape index (κ2) is 10.5. The first kappa shape index (κ1) is 30.3. The number of amides is 1. The number of benzene rings is 2. The number of ketones is 2. The zero-order valence-corrected chi connectivity index (χ0v) is 23.4. The maximum atomic E-state index is 13.9. The number of carbonyl (C=O) groups is 3. The van der Waals surface area contributed by atoms with Crippen molar-refractivity contribution in [2.75, 3.05) is 14.1 Å². The number of halogens is 3. The second-order valence-electron chi connectivity index (χ2n) is 11.6. The fourth-order valence-electron chi connectivity index (χ4n) is 6.86. The predicted molar refractivity (Wildman–Crippen MR) is 149 cm³/mol. The van der Waals surface area contributed by atoms with Crippen molar-refractivity contribution in [3.05, 3.63) is 70.0 Å². The first-order valence-electron chi connectivity index (χ1n) is 13.7. The van der Waals surface area contributed by atoms with Gasteiger partial charge in [-0.1, -0.05) is 30.3 Å². The number of aryl methyl sites for hydroxylation is 1. The molecule has 43 heavy (non-hydrogen) atoms. The molecule has 1 saturated carbocycles. The summed E-state index contributed by atoms with van der Waals surface area (Å²) in [5.41, 5.74) is 3.93. The van der Waals surface area contributed by atoms with Gasteiger partial charge in [-0.15, -0.1) is 0 Å². The number of fused-ring (bicyclic) bond motifs is 3. The number of aromatic hydroxyl groups is 1. The number of nitrogens with zero attached hydrogens (tertiary/aromatic N) is 1. The molecule has 5 rings (SSSR count). The number of nitrogens with two attached hydrogens (primary N) is 1. The van der Waals surface area contributed by atoms with Gasteiger partial charge in [0, 0.05) is 17.9 Å². The molecule has 3 aliphatic rings. The summed E-state index contributed by atoms with van der Waals surface area (Å²) in [6.45, 7) is 0. The zero-order chi connectivity index (χ0) is 31.6. The van der Waals surface area contributed by atoms with Crippen LogP contribution in [0.3, 0.4) is 0 Å². The fourth-order valence-corrected chi connectivity index (χ4v) is 6.86.